The molecule has 0 fully saturated rings. The predicted octanol–water partition coefficient (Wildman–Crippen LogP) is 2.50. The molecule has 1 aromatic carbocycles. The van der Waals surface area contributed by atoms with Crippen LogP contribution in [0.1, 0.15) is 21.5 Å². The van der Waals surface area contributed by atoms with Gasteiger partial charge in [0.05, 0.1) is 11.3 Å². The second-order valence-electron chi connectivity index (χ2n) is 5.92. The number of aromatic carboxylic acids is 1. The first kappa shape index (κ1) is 17.2. The Bertz CT molecular complexity index is 1070. The lowest BCUT2D eigenvalue weighted by atomic mass is 10.0. The van der Waals surface area contributed by atoms with Crippen molar-refractivity contribution in [2.24, 2.45) is 0 Å². The molecule has 0 bridgehead atoms. The summed E-state index contributed by atoms with van der Waals surface area (Å²) in [5, 5.41) is 19.6. The average molecular weight is 351 g/mol. The number of nitrogens with two attached hydrogens (primary N) is 1. The molecular formula is C19H17N3O4. The molecule has 0 saturated heterocycles. The summed E-state index contributed by atoms with van der Waals surface area (Å²) >= 11 is 0. The van der Waals surface area contributed by atoms with Crippen LogP contribution in [-0.2, 0) is 0 Å². The van der Waals surface area contributed by atoms with Gasteiger partial charge >= 0.3 is 5.97 Å². The van der Waals surface area contributed by atoms with Gasteiger partial charge in [0, 0.05) is 23.5 Å². The number of aromatic hydroxyl groups is 1. The van der Waals surface area contributed by atoms with Crippen molar-refractivity contribution in [3.63, 3.8) is 0 Å². The summed E-state index contributed by atoms with van der Waals surface area (Å²) < 4.78 is 1.14. The van der Waals surface area contributed by atoms with E-state index in [-0.39, 0.29) is 22.7 Å². The fraction of sp³-hybridized carbons (Fsp3) is 0.105. The third-order valence-corrected chi connectivity index (χ3v) is 4.27. The molecule has 132 valence electrons. The maximum absolute atomic E-state index is 13.2. The number of hydrogen-bond acceptors (Lipinski definition) is 5. The van der Waals surface area contributed by atoms with Gasteiger partial charge in [-0.15, -0.1) is 0 Å². The lowest BCUT2D eigenvalue weighted by Crippen LogP contribution is -2.27. The highest BCUT2D eigenvalue weighted by atomic mass is 16.4. The molecule has 2 aromatic heterocycles. The maximum Gasteiger partial charge on any atom is 0.339 e. The Morgan fingerprint density at radius 3 is 2.58 bits per heavy atom. The van der Waals surface area contributed by atoms with Crippen LogP contribution in [0.3, 0.4) is 0 Å². The van der Waals surface area contributed by atoms with E-state index in [4.69, 9.17) is 5.73 Å². The number of phenolic OH excluding ortho intramolecular Hbond substituents is 1. The zero-order chi connectivity index (χ0) is 19.0. The Morgan fingerprint density at radius 2 is 1.96 bits per heavy atom. The van der Waals surface area contributed by atoms with Gasteiger partial charge in [-0.05, 0) is 37.6 Å². The highest BCUT2D eigenvalue weighted by Crippen LogP contribution is 2.30. The van der Waals surface area contributed by atoms with E-state index in [2.05, 4.69) is 4.98 Å². The van der Waals surface area contributed by atoms with Crippen LogP contribution in [-0.4, -0.2) is 25.7 Å². The van der Waals surface area contributed by atoms with Crippen molar-refractivity contribution < 1.29 is 15.0 Å². The highest BCUT2D eigenvalue weighted by Gasteiger charge is 2.22. The van der Waals surface area contributed by atoms with Gasteiger partial charge in [0.15, 0.2) is 0 Å². The summed E-state index contributed by atoms with van der Waals surface area (Å²) in [5.41, 5.74) is 7.45. The number of carboxylic acid groups (broad SMARTS) is 1. The number of pyridine rings is 2. The monoisotopic (exact) mass is 351 g/mol. The van der Waals surface area contributed by atoms with Gasteiger partial charge in [0.2, 0.25) is 0 Å². The summed E-state index contributed by atoms with van der Waals surface area (Å²) in [4.78, 5) is 28.8. The molecule has 3 aromatic rings. The number of hydrogen-bond donors (Lipinski definition) is 3. The van der Waals surface area contributed by atoms with E-state index in [0.717, 1.165) is 4.57 Å². The standard InChI is InChI=1S/C19H17N3O4/c1-10-5-6-15(23)11(2)16(10)22-17(20)14(19(25)26)8-13(18(22)24)12-4-3-7-21-9-12/h3-9,23H,20H2,1-2H3,(H,25,26). The number of phenols is 1. The summed E-state index contributed by atoms with van der Waals surface area (Å²) in [6.07, 6.45) is 3.03. The van der Waals surface area contributed by atoms with Crippen LogP contribution >= 0.6 is 0 Å². The van der Waals surface area contributed by atoms with Crippen molar-refractivity contribution in [3.8, 4) is 22.6 Å². The fourth-order valence-corrected chi connectivity index (χ4v) is 2.92. The number of nitrogens with zero attached hydrogens (tertiary/aromatic N) is 2. The molecule has 4 N–H and O–H groups in total. The summed E-state index contributed by atoms with van der Waals surface area (Å²) in [6, 6.07) is 7.72. The number of aryl methyl sites for hydroxylation is 1. The van der Waals surface area contributed by atoms with Gasteiger partial charge in [-0.3, -0.25) is 14.3 Å². The Balaban J connectivity index is 2.47. The van der Waals surface area contributed by atoms with E-state index >= 15 is 0 Å². The van der Waals surface area contributed by atoms with Crippen molar-refractivity contribution in [2.75, 3.05) is 5.73 Å². The molecule has 26 heavy (non-hydrogen) atoms. The smallest absolute Gasteiger partial charge is 0.339 e. The first-order valence-corrected chi connectivity index (χ1v) is 7.81. The zero-order valence-corrected chi connectivity index (χ0v) is 14.2. The second kappa shape index (κ2) is 6.36. The van der Waals surface area contributed by atoms with Gasteiger partial charge in [-0.2, -0.15) is 0 Å². The number of rotatable bonds is 3. The molecule has 7 heteroatoms. The predicted molar refractivity (Wildman–Crippen MR) is 97.8 cm³/mol. The van der Waals surface area contributed by atoms with E-state index in [0.29, 0.717) is 22.4 Å². The third-order valence-electron chi connectivity index (χ3n) is 4.27. The fourth-order valence-electron chi connectivity index (χ4n) is 2.92. The number of carbonyl (C=O) groups is 1. The number of anilines is 1. The third kappa shape index (κ3) is 2.69. The quantitative estimate of drug-likeness (QED) is 0.667. The van der Waals surface area contributed by atoms with Crippen molar-refractivity contribution >= 4 is 11.8 Å². The largest absolute Gasteiger partial charge is 0.508 e. The lowest BCUT2D eigenvalue weighted by Gasteiger charge is -2.19. The molecule has 0 saturated carbocycles. The van der Waals surface area contributed by atoms with E-state index in [1.807, 2.05) is 0 Å². The molecule has 0 radical (unpaired) electrons. The first-order chi connectivity index (χ1) is 12.3. The van der Waals surface area contributed by atoms with E-state index < -0.39 is 11.5 Å². The van der Waals surface area contributed by atoms with Crippen LogP contribution in [0.15, 0.2) is 47.5 Å². The molecule has 0 spiro atoms. The van der Waals surface area contributed by atoms with Crippen LogP contribution in [0, 0.1) is 13.8 Å². The number of benzene rings is 1. The lowest BCUT2D eigenvalue weighted by molar-refractivity contribution is 0.0697. The van der Waals surface area contributed by atoms with Gasteiger partial charge < -0.3 is 15.9 Å². The Morgan fingerprint density at radius 1 is 1.23 bits per heavy atom. The molecular weight excluding hydrogens is 334 g/mol. The number of carboxylic acids is 1. The topological polar surface area (TPSA) is 118 Å². The van der Waals surface area contributed by atoms with Crippen LogP contribution < -0.4 is 11.3 Å². The van der Waals surface area contributed by atoms with Crippen molar-refractivity contribution in [1.29, 1.82) is 0 Å². The van der Waals surface area contributed by atoms with Crippen LogP contribution in [0.4, 0.5) is 5.82 Å². The van der Waals surface area contributed by atoms with Crippen LogP contribution in [0.25, 0.3) is 16.8 Å². The molecule has 0 aliphatic carbocycles. The summed E-state index contributed by atoms with van der Waals surface area (Å²) in [7, 11) is 0. The van der Waals surface area contributed by atoms with E-state index in [9.17, 15) is 19.8 Å². The maximum atomic E-state index is 13.2. The van der Waals surface area contributed by atoms with Gasteiger partial charge in [0.25, 0.3) is 5.56 Å². The van der Waals surface area contributed by atoms with Crippen molar-refractivity contribution in [3.05, 3.63) is 69.8 Å². The van der Waals surface area contributed by atoms with Crippen LogP contribution in [0.5, 0.6) is 5.75 Å². The molecule has 0 unspecified atom stereocenters. The Kier molecular flexibility index (Phi) is 4.21. The first-order valence-electron chi connectivity index (χ1n) is 7.81. The minimum atomic E-state index is -1.25. The normalized spacial score (nSPS) is 10.7. The van der Waals surface area contributed by atoms with Gasteiger partial charge in [-0.25, -0.2) is 4.79 Å². The SMILES string of the molecule is Cc1ccc(O)c(C)c1-n1c(N)c(C(=O)O)cc(-c2cccnc2)c1=O. The number of nitrogen functional groups attached to an aromatic ring is 1. The second-order valence-corrected chi connectivity index (χ2v) is 5.92. The Labute approximate surface area is 149 Å². The summed E-state index contributed by atoms with van der Waals surface area (Å²) in [6.45, 7) is 3.39. The van der Waals surface area contributed by atoms with E-state index in [1.165, 1.54) is 18.3 Å². The molecule has 2 heterocycles. The average Bonchev–Trinajstić information content (AvgIpc) is 2.61. The molecule has 0 atom stereocenters. The van der Waals surface area contributed by atoms with Gasteiger partial charge in [-0.1, -0.05) is 12.1 Å². The van der Waals surface area contributed by atoms with Crippen LogP contribution in [0.2, 0.25) is 0 Å². The van der Waals surface area contributed by atoms with Crippen molar-refractivity contribution in [1.82, 2.24) is 9.55 Å². The number of aromatic nitrogens is 2. The summed E-state index contributed by atoms with van der Waals surface area (Å²) in [5.74, 6) is -1.47. The molecule has 3 rings (SSSR count). The minimum Gasteiger partial charge on any atom is -0.508 e. The highest BCUT2D eigenvalue weighted by molar-refractivity contribution is 5.94. The molecule has 0 aliphatic rings. The minimum absolute atomic E-state index is 0.0134. The molecule has 0 amide bonds. The molecule has 7 nitrogen and oxygen atoms in total. The molecule has 0 aliphatic heterocycles. The Hall–Kier alpha value is -3.61. The van der Waals surface area contributed by atoms with Crippen molar-refractivity contribution in [2.45, 2.75) is 13.8 Å². The zero-order valence-electron chi connectivity index (χ0n) is 14.2. The van der Waals surface area contributed by atoms with Gasteiger partial charge in [0.1, 0.15) is 17.1 Å². The van der Waals surface area contributed by atoms with E-state index in [1.54, 1.807) is 38.2 Å².